The number of hydrogen-bond acceptors (Lipinski definition) is 5. The Balaban J connectivity index is 1.86. The van der Waals surface area contributed by atoms with Gasteiger partial charge in [0.1, 0.15) is 5.75 Å². The van der Waals surface area contributed by atoms with Crippen LogP contribution in [0.5, 0.6) is 5.75 Å². The average molecular weight is 457 g/mol. The second kappa shape index (κ2) is 9.77. The molecule has 172 valence electrons. The van der Waals surface area contributed by atoms with Crippen LogP contribution in [-0.4, -0.2) is 32.6 Å². The van der Waals surface area contributed by atoms with Crippen LogP contribution in [0, 0.1) is 0 Å². The Bertz CT molecular complexity index is 1120. The molecule has 0 unspecified atom stereocenters. The number of nitrogens with one attached hydrogen (secondary N) is 2. The van der Waals surface area contributed by atoms with Crippen LogP contribution < -0.4 is 14.8 Å². The van der Waals surface area contributed by atoms with E-state index in [1.54, 1.807) is 37.5 Å². The lowest BCUT2D eigenvalue weighted by Gasteiger charge is -2.35. The van der Waals surface area contributed by atoms with Crippen molar-refractivity contribution in [3.05, 3.63) is 65.2 Å². The number of ketones is 1. The summed E-state index contributed by atoms with van der Waals surface area (Å²) in [4.78, 5) is 13.1. The normalized spacial score (nSPS) is 16.2. The number of rotatable bonds is 9. The Kier molecular flexibility index (Phi) is 7.29. The van der Waals surface area contributed by atoms with Gasteiger partial charge in [-0.3, -0.25) is 9.52 Å². The largest absolute Gasteiger partial charge is 0.497 e. The molecule has 0 fully saturated rings. The van der Waals surface area contributed by atoms with Crippen LogP contribution in [0.25, 0.3) is 5.70 Å². The molecule has 0 atom stereocenters. The summed E-state index contributed by atoms with van der Waals surface area (Å²) in [6, 6.07) is 12.5. The molecule has 0 spiro atoms. The zero-order chi connectivity index (χ0) is 23.4. The minimum Gasteiger partial charge on any atom is -0.497 e. The van der Waals surface area contributed by atoms with Crippen LogP contribution in [0.2, 0.25) is 0 Å². The summed E-state index contributed by atoms with van der Waals surface area (Å²) in [5.74, 6) is 0.592. The predicted molar refractivity (Wildman–Crippen MR) is 130 cm³/mol. The van der Waals surface area contributed by atoms with Gasteiger partial charge in [0, 0.05) is 34.1 Å². The number of fused-ring (bicyclic) bond motifs is 1. The standard InChI is InChI=1S/C25H32N2O4S/c1-5-6-7-13-32(29,30)27-20-10-8-9-18(14-20)24(28)16-23-22-15-21(31-4)12-11-19(22)17-25(2,3)26-23/h8-12,14-16,26-27H,5-7,13,17H2,1-4H3. The highest BCUT2D eigenvalue weighted by atomic mass is 32.2. The molecule has 0 saturated heterocycles. The van der Waals surface area contributed by atoms with Crippen LogP contribution in [0.15, 0.2) is 48.5 Å². The summed E-state index contributed by atoms with van der Waals surface area (Å²) in [5, 5.41) is 3.46. The number of hydrogen-bond donors (Lipinski definition) is 2. The SMILES string of the molecule is CCCCCS(=O)(=O)Nc1cccc(C(=O)C=C2NC(C)(C)Cc3ccc(OC)cc32)c1. The second-order valence-corrected chi connectivity index (χ2v) is 10.7. The molecule has 7 heteroatoms. The van der Waals surface area contributed by atoms with Gasteiger partial charge in [-0.1, -0.05) is 38.0 Å². The van der Waals surface area contributed by atoms with E-state index in [1.165, 1.54) is 0 Å². The van der Waals surface area contributed by atoms with Gasteiger partial charge in [-0.15, -0.1) is 0 Å². The lowest BCUT2D eigenvalue weighted by molar-refractivity contribution is 0.104. The molecule has 0 amide bonds. The molecule has 2 N–H and O–H groups in total. The maximum absolute atomic E-state index is 13.1. The average Bonchev–Trinajstić information content (AvgIpc) is 2.72. The van der Waals surface area contributed by atoms with Crippen LogP contribution >= 0.6 is 0 Å². The zero-order valence-electron chi connectivity index (χ0n) is 19.2. The molecule has 1 heterocycles. The van der Waals surface area contributed by atoms with E-state index >= 15 is 0 Å². The van der Waals surface area contributed by atoms with Gasteiger partial charge in [-0.2, -0.15) is 0 Å². The monoisotopic (exact) mass is 456 g/mol. The van der Waals surface area contributed by atoms with Gasteiger partial charge in [0.25, 0.3) is 0 Å². The molecule has 1 aliphatic rings. The van der Waals surface area contributed by atoms with Gasteiger partial charge < -0.3 is 10.1 Å². The van der Waals surface area contributed by atoms with E-state index in [2.05, 4.69) is 23.9 Å². The first kappa shape index (κ1) is 23.9. The molecular weight excluding hydrogens is 424 g/mol. The minimum absolute atomic E-state index is 0.0701. The van der Waals surface area contributed by atoms with E-state index < -0.39 is 10.0 Å². The van der Waals surface area contributed by atoms with Gasteiger partial charge >= 0.3 is 0 Å². The molecule has 0 aromatic heterocycles. The maximum atomic E-state index is 13.1. The van der Waals surface area contributed by atoms with Crippen molar-refractivity contribution in [3.8, 4) is 5.75 Å². The van der Waals surface area contributed by atoms with Gasteiger partial charge in [0.2, 0.25) is 10.0 Å². The van der Waals surface area contributed by atoms with Gasteiger partial charge in [-0.05, 0) is 56.5 Å². The summed E-state index contributed by atoms with van der Waals surface area (Å²) in [6.45, 7) is 6.21. The van der Waals surface area contributed by atoms with Crippen LogP contribution in [0.3, 0.4) is 0 Å². The Morgan fingerprint density at radius 2 is 1.97 bits per heavy atom. The van der Waals surface area contributed by atoms with Crippen LogP contribution in [0.1, 0.15) is 61.5 Å². The summed E-state index contributed by atoms with van der Waals surface area (Å²) in [6.07, 6.45) is 4.83. The molecule has 2 aromatic rings. The third kappa shape index (κ3) is 6.13. The second-order valence-electron chi connectivity index (χ2n) is 8.84. The molecule has 0 bridgehead atoms. The first-order valence-electron chi connectivity index (χ1n) is 10.9. The van der Waals surface area contributed by atoms with Crippen molar-refractivity contribution in [1.29, 1.82) is 0 Å². The Morgan fingerprint density at radius 1 is 1.19 bits per heavy atom. The summed E-state index contributed by atoms with van der Waals surface area (Å²) in [7, 11) is -1.83. The van der Waals surface area contributed by atoms with Gasteiger partial charge in [0.05, 0.1) is 12.9 Å². The topological polar surface area (TPSA) is 84.5 Å². The highest BCUT2D eigenvalue weighted by molar-refractivity contribution is 7.92. The van der Waals surface area contributed by atoms with E-state index in [9.17, 15) is 13.2 Å². The molecule has 6 nitrogen and oxygen atoms in total. The molecule has 0 radical (unpaired) electrons. The molecule has 1 aliphatic heterocycles. The summed E-state index contributed by atoms with van der Waals surface area (Å²) < 4.78 is 32.6. The molecule has 0 aliphatic carbocycles. The first-order valence-corrected chi connectivity index (χ1v) is 12.6. The fraction of sp³-hybridized carbons (Fsp3) is 0.400. The zero-order valence-corrected chi connectivity index (χ0v) is 20.0. The molecular formula is C25H32N2O4S. The number of anilines is 1. The fourth-order valence-corrected chi connectivity index (χ4v) is 5.05. The van der Waals surface area contributed by atoms with E-state index in [4.69, 9.17) is 4.74 Å². The molecule has 32 heavy (non-hydrogen) atoms. The highest BCUT2D eigenvalue weighted by Gasteiger charge is 2.28. The minimum atomic E-state index is -3.44. The van der Waals surface area contributed by atoms with E-state index in [-0.39, 0.29) is 17.1 Å². The van der Waals surface area contributed by atoms with Crippen molar-refractivity contribution in [2.45, 2.75) is 52.0 Å². The quantitative estimate of drug-likeness (QED) is 0.322. The lowest BCUT2D eigenvalue weighted by atomic mass is 9.85. The number of benzene rings is 2. The van der Waals surface area contributed by atoms with Gasteiger partial charge in [-0.25, -0.2) is 8.42 Å². The summed E-state index contributed by atoms with van der Waals surface area (Å²) >= 11 is 0. The molecule has 0 saturated carbocycles. The highest BCUT2D eigenvalue weighted by Crippen LogP contribution is 2.32. The molecule has 3 rings (SSSR count). The van der Waals surface area contributed by atoms with E-state index in [1.807, 2.05) is 25.1 Å². The lowest BCUT2D eigenvalue weighted by Crippen LogP contribution is -2.43. The van der Waals surface area contributed by atoms with Crippen molar-refractivity contribution in [2.75, 3.05) is 17.6 Å². The number of carbonyl (C=O) groups is 1. The van der Waals surface area contributed by atoms with E-state index in [0.29, 0.717) is 17.7 Å². The number of carbonyl (C=O) groups excluding carboxylic acids is 1. The predicted octanol–water partition coefficient (Wildman–Crippen LogP) is 4.78. The maximum Gasteiger partial charge on any atom is 0.232 e. The van der Waals surface area contributed by atoms with Crippen LogP contribution in [-0.2, 0) is 16.4 Å². The number of allylic oxidation sites excluding steroid dienone is 1. The fourth-order valence-electron chi connectivity index (χ4n) is 3.88. The summed E-state index contributed by atoms with van der Waals surface area (Å²) in [5.41, 5.74) is 3.41. The Morgan fingerprint density at radius 3 is 2.69 bits per heavy atom. The number of ether oxygens (including phenoxy) is 1. The van der Waals surface area contributed by atoms with Crippen molar-refractivity contribution < 1.29 is 17.9 Å². The number of sulfonamides is 1. The third-order valence-corrected chi connectivity index (χ3v) is 6.80. The Labute approximate surface area is 191 Å². The van der Waals surface area contributed by atoms with Crippen molar-refractivity contribution >= 4 is 27.2 Å². The third-order valence-electron chi connectivity index (χ3n) is 5.43. The first-order chi connectivity index (χ1) is 15.1. The number of methoxy groups -OCH3 is 1. The van der Waals surface area contributed by atoms with Gasteiger partial charge in [0.15, 0.2) is 5.78 Å². The Hall–Kier alpha value is -2.80. The van der Waals surface area contributed by atoms with E-state index in [0.717, 1.165) is 41.8 Å². The molecule has 2 aromatic carbocycles. The smallest absolute Gasteiger partial charge is 0.232 e. The number of unbranched alkanes of at least 4 members (excludes halogenated alkanes) is 2. The van der Waals surface area contributed by atoms with Crippen LogP contribution in [0.4, 0.5) is 5.69 Å². The van der Waals surface area contributed by atoms with Crippen molar-refractivity contribution in [2.24, 2.45) is 0 Å². The van der Waals surface area contributed by atoms with Crippen molar-refractivity contribution in [3.63, 3.8) is 0 Å². The van der Waals surface area contributed by atoms with Crippen molar-refractivity contribution in [1.82, 2.24) is 5.32 Å².